The zero-order valence-electron chi connectivity index (χ0n) is 20.3. The van der Waals surface area contributed by atoms with Crippen molar-refractivity contribution in [2.75, 3.05) is 5.32 Å². The van der Waals surface area contributed by atoms with Crippen molar-refractivity contribution in [3.8, 4) is 11.3 Å². The van der Waals surface area contributed by atoms with Crippen molar-refractivity contribution < 1.29 is 22.4 Å². The fourth-order valence-electron chi connectivity index (χ4n) is 4.45. The molecule has 0 aliphatic carbocycles. The van der Waals surface area contributed by atoms with E-state index in [0.29, 0.717) is 21.0 Å². The summed E-state index contributed by atoms with van der Waals surface area (Å²) >= 11 is 6.24. The fraction of sp³-hybridized carbons (Fsp3) is 0.0714. The largest absolute Gasteiger partial charge is 0.433 e. The van der Waals surface area contributed by atoms with Crippen LogP contribution in [0.3, 0.4) is 0 Å². The average molecular weight is 565 g/mol. The van der Waals surface area contributed by atoms with Crippen molar-refractivity contribution in [2.45, 2.75) is 12.7 Å². The highest BCUT2D eigenvalue weighted by molar-refractivity contribution is 6.33. The van der Waals surface area contributed by atoms with E-state index in [9.17, 15) is 22.4 Å². The molecule has 0 radical (unpaired) electrons. The van der Waals surface area contributed by atoms with E-state index in [0.717, 1.165) is 17.6 Å². The molecule has 0 aliphatic heterocycles. The minimum Gasteiger partial charge on any atom is -0.304 e. The third-order valence-electron chi connectivity index (χ3n) is 6.31. The molecule has 200 valence electrons. The van der Waals surface area contributed by atoms with Gasteiger partial charge in [-0.15, -0.1) is 0 Å². The van der Waals surface area contributed by atoms with Crippen molar-refractivity contribution in [3.05, 3.63) is 113 Å². The zero-order valence-corrected chi connectivity index (χ0v) is 21.1. The molecule has 6 rings (SSSR count). The molecule has 0 fully saturated rings. The lowest BCUT2D eigenvalue weighted by Gasteiger charge is -2.13. The standard InChI is InChI=1S/C28H17ClF4N6O/c29-21-15-38(14-17-7-2-4-11-22(17)30)37-25(21)36-27(40)20-13-34-39-24(28(31,32)33)12-23(35-26(20)39)19-10-5-8-16-6-1-3-9-18(16)19/h1-13,15H,14H2,(H,36,37,40). The maximum atomic E-state index is 14.1. The van der Waals surface area contributed by atoms with E-state index < -0.39 is 23.6 Å². The van der Waals surface area contributed by atoms with E-state index in [2.05, 4.69) is 20.5 Å². The van der Waals surface area contributed by atoms with Crippen molar-refractivity contribution in [1.82, 2.24) is 24.4 Å². The molecule has 0 spiro atoms. The van der Waals surface area contributed by atoms with Gasteiger partial charge >= 0.3 is 6.18 Å². The van der Waals surface area contributed by atoms with Crippen LogP contribution >= 0.6 is 11.6 Å². The SMILES string of the molecule is O=C(Nc1nn(Cc2ccccc2F)cc1Cl)c1cnn2c(C(F)(F)F)cc(-c3cccc4ccccc34)nc12. The molecular weight excluding hydrogens is 548 g/mol. The summed E-state index contributed by atoms with van der Waals surface area (Å²) in [5.41, 5.74) is -0.754. The van der Waals surface area contributed by atoms with Crippen molar-refractivity contribution in [1.29, 1.82) is 0 Å². The lowest BCUT2D eigenvalue weighted by atomic mass is 10.0. The van der Waals surface area contributed by atoms with Gasteiger partial charge in [0, 0.05) is 17.3 Å². The maximum absolute atomic E-state index is 14.1. The number of benzene rings is 3. The molecular formula is C28H17ClF4N6O. The highest BCUT2D eigenvalue weighted by Gasteiger charge is 2.36. The van der Waals surface area contributed by atoms with Gasteiger partial charge in [-0.25, -0.2) is 13.9 Å². The zero-order chi connectivity index (χ0) is 28.0. The van der Waals surface area contributed by atoms with E-state index in [4.69, 9.17) is 11.6 Å². The van der Waals surface area contributed by atoms with E-state index in [1.54, 1.807) is 42.5 Å². The maximum Gasteiger partial charge on any atom is 0.433 e. The van der Waals surface area contributed by atoms with Crippen molar-refractivity contribution in [2.24, 2.45) is 0 Å². The smallest absolute Gasteiger partial charge is 0.304 e. The number of carbonyl (C=O) groups is 1. The minimum atomic E-state index is -4.78. The number of alkyl halides is 3. The van der Waals surface area contributed by atoms with Crippen LogP contribution in [0.15, 0.2) is 85.2 Å². The fourth-order valence-corrected chi connectivity index (χ4v) is 4.65. The van der Waals surface area contributed by atoms with Crippen LogP contribution in [0.4, 0.5) is 23.4 Å². The first-order valence-electron chi connectivity index (χ1n) is 11.9. The number of anilines is 1. The third kappa shape index (κ3) is 4.64. The van der Waals surface area contributed by atoms with Crippen molar-refractivity contribution in [3.63, 3.8) is 0 Å². The van der Waals surface area contributed by atoms with Crippen LogP contribution < -0.4 is 5.32 Å². The Kier molecular flexibility index (Phi) is 6.22. The summed E-state index contributed by atoms with van der Waals surface area (Å²) in [7, 11) is 0. The summed E-state index contributed by atoms with van der Waals surface area (Å²) in [5.74, 6) is -1.30. The number of aromatic nitrogens is 5. The molecule has 1 N–H and O–H groups in total. The molecule has 1 amide bonds. The molecule has 0 saturated carbocycles. The summed E-state index contributed by atoms with van der Waals surface area (Å²) in [5, 5.41) is 12.1. The van der Waals surface area contributed by atoms with Crippen LogP contribution in [0.2, 0.25) is 5.02 Å². The normalized spacial score (nSPS) is 11.8. The minimum absolute atomic E-state index is 0.0263. The molecule has 0 bridgehead atoms. The summed E-state index contributed by atoms with van der Waals surface area (Å²) in [6.45, 7) is 0.0455. The molecule has 40 heavy (non-hydrogen) atoms. The first-order chi connectivity index (χ1) is 19.2. The van der Waals surface area contributed by atoms with Gasteiger partial charge in [0.2, 0.25) is 0 Å². The van der Waals surface area contributed by atoms with Crippen LogP contribution in [0.1, 0.15) is 21.6 Å². The molecule has 3 aromatic heterocycles. The molecule has 6 aromatic rings. The van der Waals surface area contributed by atoms with Gasteiger partial charge in [0.25, 0.3) is 5.91 Å². The molecule has 0 unspecified atom stereocenters. The Morgan fingerprint density at radius 1 is 1.00 bits per heavy atom. The van der Waals surface area contributed by atoms with Gasteiger partial charge in [-0.05, 0) is 22.9 Å². The number of amides is 1. The Hall–Kier alpha value is -4.77. The van der Waals surface area contributed by atoms with Crippen LogP contribution in [-0.4, -0.2) is 30.3 Å². The van der Waals surface area contributed by atoms with Gasteiger partial charge < -0.3 is 5.32 Å². The van der Waals surface area contributed by atoms with Crippen LogP contribution in [0.25, 0.3) is 27.7 Å². The molecule has 3 aromatic carbocycles. The van der Waals surface area contributed by atoms with E-state index in [1.807, 2.05) is 18.2 Å². The first-order valence-corrected chi connectivity index (χ1v) is 12.3. The number of hydrogen-bond acceptors (Lipinski definition) is 4. The second-order valence-electron chi connectivity index (χ2n) is 8.91. The van der Waals surface area contributed by atoms with Crippen LogP contribution in [-0.2, 0) is 12.7 Å². The molecule has 7 nitrogen and oxygen atoms in total. The van der Waals surface area contributed by atoms with Gasteiger partial charge in [0.1, 0.15) is 16.4 Å². The number of hydrogen-bond donors (Lipinski definition) is 1. The van der Waals surface area contributed by atoms with Crippen molar-refractivity contribution >= 4 is 39.7 Å². The summed E-state index contributed by atoms with van der Waals surface area (Å²) in [6.07, 6.45) is -2.38. The van der Waals surface area contributed by atoms with Gasteiger partial charge in [-0.2, -0.15) is 23.4 Å². The molecule has 0 saturated heterocycles. The predicted octanol–water partition coefficient (Wildman–Crippen LogP) is 6.86. The second-order valence-corrected chi connectivity index (χ2v) is 9.32. The first kappa shape index (κ1) is 25.5. The highest BCUT2D eigenvalue weighted by atomic mass is 35.5. The van der Waals surface area contributed by atoms with Gasteiger partial charge in [0.15, 0.2) is 17.2 Å². The highest BCUT2D eigenvalue weighted by Crippen LogP contribution is 2.35. The monoisotopic (exact) mass is 564 g/mol. The van der Waals surface area contributed by atoms with E-state index >= 15 is 0 Å². The second kappa shape index (κ2) is 9.76. The molecule has 0 atom stereocenters. The summed E-state index contributed by atoms with van der Waals surface area (Å²) in [6, 6.07) is 19.5. The number of fused-ring (bicyclic) bond motifs is 2. The Balaban J connectivity index is 1.40. The quantitative estimate of drug-likeness (QED) is 0.232. The summed E-state index contributed by atoms with van der Waals surface area (Å²) < 4.78 is 58.3. The van der Waals surface area contributed by atoms with E-state index in [-0.39, 0.29) is 34.3 Å². The Bertz CT molecular complexity index is 1910. The average Bonchev–Trinajstić information content (AvgIpc) is 3.51. The Labute approximate surface area is 228 Å². The number of nitrogens with one attached hydrogen (secondary N) is 1. The molecule has 0 aliphatic rings. The van der Waals surface area contributed by atoms with Gasteiger partial charge in [0.05, 0.1) is 18.4 Å². The number of rotatable bonds is 5. The number of halogens is 5. The van der Waals surface area contributed by atoms with Gasteiger partial charge in [-0.1, -0.05) is 72.3 Å². The Morgan fingerprint density at radius 2 is 1.75 bits per heavy atom. The van der Waals surface area contributed by atoms with E-state index in [1.165, 1.54) is 16.9 Å². The number of nitrogens with zero attached hydrogens (tertiary/aromatic N) is 5. The lowest BCUT2D eigenvalue weighted by Crippen LogP contribution is -2.16. The lowest BCUT2D eigenvalue weighted by molar-refractivity contribution is -0.142. The predicted molar refractivity (Wildman–Crippen MR) is 142 cm³/mol. The molecule has 3 heterocycles. The number of carbonyl (C=O) groups excluding carboxylic acids is 1. The van der Waals surface area contributed by atoms with Gasteiger partial charge in [-0.3, -0.25) is 9.48 Å². The third-order valence-corrected chi connectivity index (χ3v) is 6.59. The van der Waals surface area contributed by atoms with Crippen LogP contribution in [0.5, 0.6) is 0 Å². The molecule has 12 heteroatoms. The van der Waals surface area contributed by atoms with Crippen LogP contribution in [0, 0.1) is 5.82 Å². The summed E-state index contributed by atoms with van der Waals surface area (Å²) in [4.78, 5) is 17.7. The topological polar surface area (TPSA) is 77.1 Å². The Morgan fingerprint density at radius 3 is 2.55 bits per heavy atom.